The first-order valence-corrected chi connectivity index (χ1v) is 13.2. The van der Waals surface area contributed by atoms with E-state index in [4.69, 9.17) is 9.40 Å². The van der Waals surface area contributed by atoms with Gasteiger partial charge in [-0.25, -0.2) is 4.98 Å². The Kier molecular flexibility index (Phi) is 5.07. The third-order valence-corrected chi connectivity index (χ3v) is 7.31. The summed E-state index contributed by atoms with van der Waals surface area (Å²) in [7, 11) is 0. The van der Waals surface area contributed by atoms with Crippen LogP contribution in [0.4, 0.5) is 0 Å². The molecule has 0 amide bonds. The summed E-state index contributed by atoms with van der Waals surface area (Å²) in [5.74, 6) is 0.608. The van der Waals surface area contributed by atoms with Crippen LogP contribution in [0.25, 0.3) is 72.6 Å². The van der Waals surface area contributed by atoms with E-state index in [-0.39, 0.29) is 0 Å². The van der Waals surface area contributed by atoms with Crippen molar-refractivity contribution in [2.75, 3.05) is 0 Å². The number of hydrogen-bond donors (Lipinski definition) is 0. The monoisotopic (exact) mass is 514 g/mol. The number of fused-ring (bicyclic) bond motifs is 4. The number of hydrogen-bond acceptors (Lipinski definition) is 4. The van der Waals surface area contributed by atoms with E-state index in [1.807, 2.05) is 73.1 Å². The van der Waals surface area contributed by atoms with Gasteiger partial charge in [-0.1, -0.05) is 48.5 Å². The van der Waals surface area contributed by atoms with Crippen LogP contribution in [0.1, 0.15) is 0 Å². The maximum Gasteiger partial charge on any atom is 0.227 e. The van der Waals surface area contributed by atoms with E-state index in [1.165, 1.54) is 5.39 Å². The molecule has 0 fully saturated rings. The molecule has 0 saturated heterocycles. The van der Waals surface area contributed by atoms with Crippen LogP contribution in [0, 0.1) is 0 Å². The van der Waals surface area contributed by atoms with Crippen molar-refractivity contribution < 1.29 is 4.42 Å². The Morgan fingerprint density at radius 3 is 1.93 bits per heavy atom. The molecular formula is C35H22N4O. The van der Waals surface area contributed by atoms with Crippen LogP contribution in [0.15, 0.2) is 138 Å². The van der Waals surface area contributed by atoms with Gasteiger partial charge in [0.25, 0.3) is 0 Å². The van der Waals surface area contributed by atoms with E-state index in [0.29, 0.717) is 5.89 Å². The van der Waals surface area contributed by atoms with E-state index in [9.17, 15) is 0 Å². The van der Waals surface area contributed by atoms with E-state index >= 15 is 0 Å². The predicted octanol–water partition coefficient (Wildman–Crippen LogP) is 8.72. The van der Waals surface area contributed by atoms with Crippen LogP contribution < -0.4 is 0 Å². The molecule has 8 aromatic rings. The minimum Gasteiger partial charge on any atom is -0.436 e. The lowest BCUT2D eigenvalue weighted by Gasteiger charge is -2.13. The van der Waals surface area contributed by atoms with Crippen LogP contribution in [0.3, 0.4) is 0 Å². The Balaban J connectivity index is 1.41. The van der Waals surface area contributed by atoms with Gasteiger partial charge in [-0.05, 0) is 72.8 Å². The largest absolute Gasteiger partial charge is 0.436 e. The smallest absolute Gasteiger partial charge is 0.227 e. The Bertz CT molecular complexity index is 2070. The molecule has 0 saturated carbocycles. The third-order valence-electron chi connectivity index (χ3n) is 7.31. The second-order valence-corrected chi connectivity index (χ2v) is 9.77. The number of nitrogens with zero attached hydrogens (tertiary/aromatic N) is 4. The molecule has 0 aliphatic heterocycles. The zero-order valence-corrected chi connectivity index (χ0v) is 21.4. The number of aromatic nitrogens is 4. The molecule has 5 nitrogen and oxygen atoms in total. The van der Waals surface area contributed by atoms with E-state index in [0.717, 1.165) is 61.3 Å². The van der Waals surface area contributed by atoms with Crippen LogP contribution in [-0.4, -0.2) is 19.5 Å². The summed E-state index contributed by atoms with van der Waals surface area (Å²) in [5, 5.41) is 2.35. The highest BCUT2D eigenvalue weighted by Crippen LogP contribution is 2.37. The lowest BCUT2D eigenvalue weighted by atomic mass is 10.0. The fourth-order valence-corrected chi connectivity index (χ4v) is 5.48. The second kappa shape index (κ2) is 9.03. The average Bonchev–Trinajstić information content (AvgIpc) is 3.61. The van der Waals surface area contributed by atoms with Gasteiger partial charge in [-0.15, -0.1) is 0 Å². The summed E-state index contributed by atoms with van der Waals surface area (Å²) >= 11 is 0. The van der Waals surface area contributed by atoms with Crippen molar-refractivity contribution in [3.63, 3.8) is 0 Å². The van der Waals surface area contributed by atoms with Crippen molar-refractivity contribution in [1.29, 1.82) is 0 Å². The molecule has 5 heteroatoms. The molecule has 0 bridgehead atoms. The lowest BCUT2D eigenvalue weighted by Crippen LogP contribution is -1.97. The van der Waals surface area contributed by atoms with Crippen molar-refractivity contribution in [2.45, 2.75) is 0 Å². The van der Waals surface area contributed by atoms with Gasteiger partial charge in [0.1, 0.15) is 5.52 Å². The summed E-state index contributed by atoms with van der Waals surface area (Å²) < 4.78 is 8.45. The molecule has 8 rings (SSSR count). The molecule has 4 aromatic heterocycles. The van der Waals surface area contributed by atoms with Crippen LogP contribution in [-0.2, 0) is 0 Å². The standard InChI is InChI=1S/C35H22N4O/c1-3-13-32-27(9-1)28-16-15-23(35-38-31-12-2-4-14-34(31)40-35)22-33(28)39(32)26-20-24(29-10-5-7-17-36-29)19-25(21-26)30-11-6-8-18-37-30/h1-22H. The molecule has 0 atom stereocenters. The number of rotatable bonds is 4. The lowest BCUT2D eigenvalue weighted by molar-refractivity contribution is 0.620. The van der Waals surface area contributed by atoms with Crippen molar-refractivity contribution in [3.8, 4) is 39.7 Å². The Morgan fingerprint density at radius 1 is 0.525 bits per heavy atom. The molecule has 0 radical (unpaired) electrons. The van der Waals surface area contributed by atoms with Gasteiger partial charge in [0.15, 0.2) is 5.58 Å². The van der Waals surface area contributed by atoms with E-state index in [1.54, 1.807) is 0 Å². The van der Waals surface area contributed by atoms with Crippen molar-refractivity contribution >= 4 is 32.9 Å². The van der Waals surface area contributed by atoms with Gasteiger partial charge in [0, 0.05) is 45.5 Å². The maximum absolute atomic E-state index is 6.14. The third kappa shape index (κ3) is 3.68. The Morgan fingerprint density at radius 2 is 1.20 bits per heavy atom. The number of oxazole rings is 1. The quantitative estimate of drug-likeness (QED) is 0.236. The van der Waals surface area contributed by atoms with Gasteiger partial charge < -0.3 is 8.98 Å². The number of benzene rings is 4. The minimum absolute atomic E-state index is 0.608. The molecule has 0 aliphatic carbocycles. The Hall–Kier alpha value is -5.55. The second-order valence-electron chi connectivity index (χ2n) is 9.77. The van der Waals surface area contributed by atoms with Crippen molar-refractivity contribution in [3.05, 3.63) is 134 Å². The SMILES string of the molecule is c1ccc(-c2cc(-c3ccccn3)cc(-n3c4ccccc4c4ccc(-c5nc6ccccc6o5)cc43)c2)nc1. The topological polar surface area (TPSA) is 56.7 Å². The van der Waals surface area contributed by atoms with E-state index < -0.39 is 0 Å². The maximum atomic E-state index is 6.14. The van der Waals surface area contributed by atoms with Crippen molar-refractivity contribution in [2.24, 2.45) is 0 Å². The minimum atomic E-state index is 0.608. The summed E-state index contributed by atoms with van der Waals surface area (Å²) in [6.07, 6.45) is 3.66. The first kappa shape index (κ1) is 22.4. The van der Waals surface area contributed by atoms with Gasteiger partial charge in [-0.3, -0.25) is 9.97 Å². The van der Waals surface area contributed by atoms with Gasteiger partial charge in [-0.2, -0.15) is 0 Å². The summed E-state index contributed by atoms with van der Waals surface area (Å²) in [6.45, 7) is 0. The van der Waals surface area contributed by atoms with Crippen LogP contribution >= 0.6 is 0 Å². The highest BCUT2D eigenvalue weighted by molar-refractivity contribution is 6.10. The fraction of sp³-hybridized carbons (Fsp3) is 0. The zero-order valence-electron chi connectivity index (χ0n) is 21.4. The molecule has 0 spiro atoms. The number of para-hydroxylation sites is 3. The highest BCUT2D eigenvalue weighted by Gasteiger charge is 2.17. The summed E-state index contributed by atoms with van der Waals surface area (Å²) in [4.78, 5) is 14.1. The molecule has 0 aliphatic rings. The van der Waals surface area contributed by atoms with Gasteiger partial charge >= 0.3 is 0 Å². The van der Waals surface area contributed by atoms with Crippen molar-refractivity contribution in [1.82, 2.24) is 19.5 Å². The van der Waals surface area contributed by atoms with Crippen LogP contribution in [0.2, 0.25) is 0 Å². The first-order chi connectivity index (χ1) is 19.8. The normalized spacial score (nSPS) is 11.5. The Labute approximate surface area is 230 Å². The molecule has 4 heterocycles. The molecule has 0 unspecified atom stereocenters. The molecule has 0 N–H and O–H groups in total. The fourth-order valence-electron chi connectivity index (χ4n) is 5.48. The number of pyridine rings is 2. The predicted molar refractivity (Wildman–Crippen MR) is 160 cm³/mol. The van der Waals surface area contributed by atoms with E-state index in [2.05, 4.69) is 75.2 Å². The molecule has 4 aromatic carbocycles. The average molecular weight is 515 g/mol. The molecule has 188 valence electrons. The van der Waals surface area contributed by atoms with Crippen LogP contribution in [0.5, 0.6) is 0 Å². The molecular weight excluding hydrogens is 492 g/mol. The summed E-state index contributed by atoms with van der Waals surface area (Å²) in [5.41, 5.74) is 9.66. The van der Waals surface area contributed by atoms with Gasteiger partial charge in [0.05, 0.1) is 22.4 Å². The van der Waals surface area contributed by atoms with Gasteiger partial charge in [0.2, 0.25) is 5.89 Å². The first-order valence-electron chi connectivity index (χ1n) is 13.2. The summed E-state index contributed by atoms with van der Waals surface area (Å²) in [6, 6.07) is 41.4. The zero-order chi connectivity index (χ0) is 26.5. The molecule has 40 heavy (non-hydrogen) atoms. The highest BCUT2D eigenvalue weighted by atomic mass is 16.3.